The van der Waals surface area contributed by atoms with E-state index in [2.05, 4.69) is 19.2 Å². The molecule has 8 nitrogen and oxygen atoms in total. The first kappa shape index (κ1) is 43.2. The first-order valence-electron chi connectivity index (χ1n) is 18.3. The summed E-state index contributed by atoms with van der Waals surface area (Å²) in [6.07, 6.45) is 32.6. The largest absolute Gasteiger partial charge is 0.472 e. The van der Waals surface area contributed by atoms with Crippen LogP contribution in [0.25, 0.3) is 0 Å². The van der Waals surface area contributed by atoms with Gasteiger partial charge in [0.05, 0.1) is 25.4 Å². The Labute approximate surface area is 271 Å². The molecule has 0 saturated carbocycles. The van der Waals surface area contributed by atoms with Crippen LogP contribution < -0.4 is 11.1 Å². The number of phosphoric acid groups is 1. The molecule has 0 aliphatic carbocycles. The van der Waals surface area contributed by atoms with Crippen LogP contribution in [0.2, 0.25) is 0 Å². The topological polar surface area (TPSA) is 131 Å². The van der Waals surface area contributed by atoms with Gasteiger partial charge >= 0.3 is 7.82 Å². The Kier molecular flexibility index (Phi) is 31.6. The van der Waals surface area contributed by atoms with E-state index in [-0.39, 0.29) is 25.7 Å². The van der Waals surface area contributed by atoms with Crippen molar-refractivity contribution in [2.45, 2.75) is 187 Å². The minimum atomic E-state index is -4.32. The SMILES string of the molecule is CCCCCCCCCCCCCCCCC/C=C/[C@@H](O)[C@H](COP(=O)(O)OCCN)NC(=O)CCCCCCCCCC. The maximum Gasteiger partial charge on any atom is 0.472 e. The van der Waals surface area contributed by atoms with E-state index in [0.29, 0.717) is 6.42 Å². The van der Waals surface area contributed by atoms with Gasteiger partial charge < -0.3 is 21.1 Å². The number of hydrogen-bond donors (Lipinski definition) is 4. The summed E-state index contributed by atoms with van der Waals surface area (Å²) in [6.45, 7) is 4.09. The van der Waals surface area contributed by atoms with Crippen molar-refractivity contribution in [1.82, 2.24) is 5.32 Å². The molecule has 0 aliphatic heterocycles. The fourth-order valence-electron chi connectivity index (χ4n) is 5.31. The Hall–Kier alpha value is -0.760. The molecule has 3 atom stereocenters. The molecular formula is C35H71N2O6P. The first-order chi connectivity index (χ1) is 21.4. The van der Waals surface area contributed by atoms with E-state index < -0.39 is 20.0 Å². The van der Waals surface area contributed by atoms with Gasteiger partial charge in [-0.05, 0) is 19.3 Å². The normalized spacial score (nSPS) is 14.6. The van der Waals surface area contributed by atoms with Crippen molar-refractivity contribution >= 4 is 13.7 Å². The van der Waals surface area contributed by atoms with Crippen molar-refractivity contribution in [3.05, 3.63) is 12.2 Å². The molecule has 0 heterocycles. The molecule has 0 rings (SSSR count). The summed E-state index contributed by atoms with van der Waals surface area (Å²) in [6, 6.07) is -0.851. The second-order valence-electron chi connectivity index (χ2n) is 12.4. The lowest BCUT2D eigenvalue weighted by molar-refractivity contribution is -0.123. The number of nitrogens with two attached hydrogens (primary N) is 1. The molecule has 1 amide bonds. The van der Waals surface area contributed by atoms with Gasteiger partial charge in [0.1, 0.15) is 0 Å². The number of carbonyl (C=O) groups is 1. The van der Waals surface area contributed by atoms with Crippen LogP contribution in [-0.2, 0) is 18.4 Å². The second-order valence-corrected chi connectivity index (χ2v) is 13.9. The third-order valence-electron chi connectivity index (χ3n) is 8.11. The zero-order chi connectivity index (χ0) is 32.6. The number of carbonyl (C=O) groups excluding carboxylic acids is 1. The predicted molar refractivity (Wildman–Crippen MR) is 185 cm³/mol. The summed E-state index contributed by atoms with van der Waals surface area (Å²) in [5, 5.41) is 13.5. The fraction of sp³-hybridized carbons (Fsp3) is 0.914. The number of nitrogens with one attached hydrogen (secondary N) is 1. The van der Waals surface area contributed by atoms with Crippen LogP contribution in [-0.4, -0.2) is 47.8 Å². The predicted octanol–water partition coefficient (Wildman–Crippen LogP) is 9.27. The fourth-order valence-corrected chi connectivity index (χ4v) is 6.07. The molecule has 0 aliphatic rings. The third kappa shape index (κ3) is 29.9. The number of allylic oxidation sites excluding steroid dienone is 1. The number of phosphoric ester groups is 1. The Balaban J connectivity index is 4.25. The number of rotatable bonds is 34. The Morgan fingerprint density at radius 1 is 0.727 bits per heavy atom. The number of aliphatic hydroxyl groups is 1. The maximum absolute atomic E-state index is 12.6. The molecule has 44 heavy (non-hydrogen) atoms. The molecule has 0 aromatic heterocycles. The van der Waals surface area contributed by atoms with E-state index in [1.54, 1.807) is 6.08 Å². The first-order valence-corrected chi connectivity index (χ1v) is 19.8. The van der Waals surface area contributed by atoms with E-state index >= 15 is 0 Å². The molecule has 0 fully saturated rings. The highest BCUT2D eigenvalue weighted by atomic mass is 31.2. The van der Waals surface area contributed by atoms with Crippen molar-refractivity contribution in [3.63, 3.8) is 0 Å². The van der Waals surface area contributed by atoms with Crippen LogP contribution in [0.15, 0.2) is 12.2 Å². The summed E-state index contributed by atoms with van der Waals surface area (Å²) in [4.78, 5) is 22.4. The van der Waals surface area contributed by atoms with E-state index in [1.807, 2.05) is 6.08 Å². The van der Waals surface area contributed by atoms with Gasteiger partial charge in [0.15, 0.2) is 0 Å². The second kappa shape index (κ2) is 32.2. The van der Waals surface area contributed by atoms with Crippen LogP contribution in [0.5, 0.6) is 0 Å². The monoisotopic (exact) mass is 647 g/mol. The van der Waals surface area contributed by atoms with Crippen LogP contribution in [0.1, 0.15) is 174 Å². The minimum Gasteiger partial charge on any atom is -0.387 e. The average Bonchev–Trinajstić information content (AvgIpc) is 3.01. The number of amides is 1. The molecule has 0 bridgehead atoms. The third-order valence-corrected chi connectivity index (χ3v) is 9.10. The molecule has 0 aromatic rings. The summed E-state index contributed by atoms with van der Waals surface area (Å²) in [5.41, 5.74) is 5.34. The van der Waals surface area contributed by atoms with Crippen molar-refractivity contribution < 1.29 is 28.4 Å². The van der Waals surface area contributed by atoms with Crippen molar-refractivity contribution in [3.8, 4) is 0 Å². The Morgan fingerprint density at radius 2 is 1.16 bits per heavy atom. The lowest BCUT2D eigenvalue weighted by atomic mass is 10.0. The maximum atomic E-state index is 12.6. The highest BCUT2D eigenvalue weighted by molar-refractivity contribution is 7.47. The van der Waals surface area contributed by atoms with Crippen molar-refractivity contribution in [2.24, 2.45) is 5.73 Å². The summed E-state index contributed by atoms with van der Waals surface area (Å²) >= 11 is 0. The highest BCUT2D eigenvalue weighted by Crippen LogP contribution is 2.43. The van der Waals surface area contributed by atoms with Crippen LogP contribution in [0, 0.1) is 0 Å². The number of hydrogen-bond acceptors (Lipinski definition) is 6. The van der Waals surface area contributed by atoms with Gasteiger partial charge in [0.25, 0.3) is 0 Å². The van der Waals surface area contributed by atoms with Gasteiger partial charge in [0.2, 0.25) is 5.91 Å². The number of aliphatic hydroxyl groups excluding tert-OH is 1. The molecule has 5 N–H and O–H groups in total. The zero-order valence-corrected chi connectivity index (χ0v) is 29.6. The van der Waals surface area contributed by atoms with Crippen molar-refractivity contribution in [2.75, 3.05) is 19.8 Å². The Bertz CT molecular complexity index is 709. The summed E-state index contributed by atoms with van der Waals surface area (Å²) in [5.74, 6) is -0.199. The van der Waals surface area contributed by atoms with Gasteiger partial charge in [-0.2, -0.15) is 0 Å². The average molecular weight is 647 g/mol. The summed E-state index contributed by atoms with van der Waals surface area (Å²) < 4.78 is 21.9. The van der Waals surface area contributed by atoms with Gasteiger partial charge in [-0.25, -0.2) is 4.57 Å². The Morgan fingerprint density at radius 3 is 1.61 bits per heavy atom. The van der Waals surface area contributed by atoms with E-state index in [1.165, 1.54) is 116 Å². The quantitative estimate of drug-likeness (QED) is 0.0311. The molecule has 9 heteroatoms. The van der Waals surface area contributed by atoms with E-state index in [0.717, 1.165) is 38.5 Å². The van der Waals surface area contributed by atoms with E-state index in [4.69, 9.17) is 14.8 Å². The molecule has 1 unspecified atom stereocenters. The molecular weight excluding hydrogens is 575 g/mol. The molecule has 0 spiro atoms. The summed E-state index contributed by atoms with van der Waals surface area (Å²) in [7, 11) is -4.32. The lowest BCUT2D eigenvalue weighted by Crippen LogP contribution is -2.45. The van der Waals surface area contributed by atoms with Gasteiger partial charge in [-0.3, -0.25) is 13.8 Å². The van der Waals surface area contributed by atoms with Crippen molar-refractivity contribution in [1.29, 1.82) is 0 Å². The van der Waals surface area contributed by atoms with Gasteiger partial charge in [-0.1, -0.05) is 161 Å². The smallest absolute Gasteiger partial charge is 0.387 e. The number of unbranched alkanes of at least 4 members (excludes halogenated alkanes) is 22. The minimum absolute atomic E-state index is 0.0807. The molecule has 0 aromatic carbocycles. The molecule has 0 saturated heterocycles. The van der Waals surface area contributed by atoms with Gasteiger partial charge in [-0.15, -0.1) is 0 Å². The van der Waals surface area contributed by atoms with Crippen LogP contribution in [0.4, 0.5) is 0 Å². The molecule has 262 valence electrons. The molecule has 0 radical (unpaired) electrons. The lowest BCUT2D eigenvalue weighted by Gasteiger charge is -2.23. The van der Waals surface area contributed by atoms with Crippen LogP contribution in [0.3, 0.4) is 0 Å². The highest BCUT2D eigenvalue weighted by Gasteiger charge is 2.26. The zero-order valence-electron chi connectivity index (χ0n) is 28.7. The van der Waals surface area contributed by atoms with Gasteiger partial charge in [0, 0.05) is 13.0 Å². The standard InChI is InChI=1S/C35H71N2O6P/c1-3-5-7-9-11-13-14-15-16-17-18-19-20-21-22-24-26-28-34(38)33(32-43-44(40,41)42-31-30-36)37-35(39)29-27-25-23-12-10-8-6-4-2/h26,28,33-34,38H,3-25,27,29-32,36H2,1-2H3,(H,37,39)(H,40,41)/b28-26+/t33-,34+/m0/s1. The van der Waals surface area contributed by atoms with E-state index in [9.17, 15) is 19.4 Å². The van der Waals surface area contributed by atoms with Crippen LogP contribution >= 0.6 is 7.82 Å².